The van der Waals surface area contributed by atoms with Crippen LogP contribution in [-0.4, -0.2) is 13.2 Å². The molecule has 0 bridgehead atoms. The standard InChI is InChI=1S/C16H19F2NOS/c1-3-9-19-15(14-8-7-11(2)21-14)12-5-4-6-13(10-12)20-16(17)18/h4-8,10,15-16,19H,3,9H2,1-2H3. The van der Waals surface area contributed by atoms with Crippen molar-refractivity contribution in [3.8, 4) is 5.75 Å². The molecule has 0 aliphatic heterocycles. The van der Waals surface area contributed by atoms with Crippen LogP contribution < -0.4 is 10.1 Å². The fourth-order valence-corrected chi connectivity index (χ4v) is 3.13. The molecule has 0 amide bonds. The van der Waals surface area contributed by atoms with Crippen molar-refractivity contribution in [2.75, 3.05) is 6.54 Å². The SMILES string of the molecule is CCCNC(c1cccc(OC(F)F)c1)c1ccc(C)s1. The van der Waals surface area contributed by atoms with Crippen LogP contribution >= 0.6 is 11.3 Å². The summed E-state index contributed by atoms with van der Waals surface area (Å²) in [7, 11) is 0. The van der Waals surface area contributed by atoms with E-state index in [2.05, 4.69) is 36.0 Å². The maximum Gasteiger partial charge on any atom is 0.387 e. The summed E-state index contributed by atoms with van der Waals surface area (Å²) in [6.07, 6.45) is 1.01. The van der Waals surface area contributed by atoms with E-state index in [4.69, 9.17) is 0 Å². The summed E-state index contributed by atoms with van der Waals surface area (Å²) in [6, 6.07) is 11.0. The smallest absolute Gasteiger partial charge is 0.387 e. The Balaban J connectivity index is 2.27. The van der Waals surface area contributed by atoms with Gasteiger partial charge in [-0.25, -0.2) is 0 Å². The predicted octanol–water partition coefficient (Wildman–Crippen LogP) is 4.75. The third-order valence-corrected chi connectivity index (χ3v) is 4.13. The summed E-state index contributed by atoms with van der Waals surface area (Å²) in [6.45, 7) is 2.22. The molecule has 0 saturated carbocycles. The zero-order valence-electron chi connectivity index (χ0n) is 12.1. The van der Waals surface area contributed by atoms with Crippen LogP contribution in [-0.2, 0) is 0 Å². The molecule has 0 radical (unpaired) electrons. The normalized spacial score (nSPS) is 12.6. The number of aryl methyl sites for hydroxylation is 1. The zero-order chi connectivity index (χ0) is 15.2. The van der Waals surface area contributed by atoms with E-state index in [1.165, 1.54) is 9.75 Å². The lowest BCUT2D eigenvalue weighted by atomic mass is 10.0. The number of nitrogens with one attached hydrogen (secondary N) is 1. The second kappa shape index (κ2) is 7.52. The third-order valence-electron chi connectivity index (χ3n) is 3.06. The van der Waals surface area contributed by atoms with Gasteiger partial charge in [0.05, 0.1) is 6.04 Å². The summed E-state index contributed by atoms with van der Waals surface area (Å²) in [5.74, 6) is 0.194. The second-order valence-electron chi connectivity index (χ2n) is 4.79. The van der Waals surface area contributed by atoms with Crippen LogP contribution in [0.25, 0.3) is 0 Å². The highest BCUT2D eigenvalue weighted by Crippen LogP contribution is 2.30. The van der Waals surface area contributed by atoms with Crippen molar-refractivity contribution in [2.24, 2.45) is 0 Å². The molecule has 1 atom stereocenters. The lowest BCUT2D eigenvalue weighted by molar-refractivity contribution is -0.0498. The van der Waals surface area contributed by atoms with E-state index in [0.29, 0.717) is 0 Å². The molecule has 1 aromatic heterocycles. The van der Waals surface area contributed by atoms with Gasteiger partial charge in [-0.3, -0.25) is 0 Å². The van der Waals surface area contributed by atoms with Crippen LogP contribution in [0.4, 0.5) is 8.78 Å². The maximum atomic E-state index is 12.3. The molecule has 5 heteroatoms. The summed E-state index contributed by atoms with van der Waals surface area (Å²) in [5, 5.41) is 3.46. The van der Waals surface area contributed by atoms with Gasteiger partial charge in [0.15, 0.2) is 0 Å². The Morgan fingerprint density at radius 3 is 2.67 bits per heavy atom. The first-order valence-electron chi connectivity index (χ1n) is 6.94. The van der Waals surface area contributed by atoms with E-state index < -0.39 is 6.61 Å². The van der Waals surface area contributed by atoms with E-state index in [0.717, 1.165) is 18.5 Å². The minimum absolute atomic E-state index is 0.00451. The van der Waals surface area contributed by atoms with Crippen molar-refractivity contribution >= 4 is 11.3 Å². The Hall–Kier alpha value is -1.46. The number of alkyl halides is 2. The molecule has 0 saturated heterocycles. The fourth-order valence-electron chi connectivity index (χ4n) is 2.15. The Morgan fingerprint density at radius 1 is 1.24 bits per heavy atom. The Morgan fingerprint density at radius 2 is 2.05 bits per heavy atom. The van der Waals surface area contributed by atoms with Gasteiger partial charge in [-0.15, -0.1) is 11.3 Å². The van der Waals surface area contributed by atoms with Crippen molar-refractivity contribution in [1.82, 2.24) is 5.32 Å². The minimum atomic E-state index is -2.80. The molecule has 2 rings (SSSR count). The fraction of sp³-hybridized carbons (Fsp3) is 0.375. The monoisotopic (exact) mass is 311 g/mol. The maximum absolute atomic E-state index is 12.3. The van der Waals surface area contributed by atoms with Gasteiger partial charge in [-0.1, -0.05) is 19.1 Å². The highest BCUT2D eigenvalue weighted by atomic mass is 32.1. The molecular weight excluding hydrogens is 292 g/mol. The van der Waals surface area contributed by atoms with Gasteiger partial charge < -0.3 is 10.1 Å². The van der Waals surface area contributed by atoms with Crippen LogP contribution in [0.5, 0.6) is 5.75 Å². The largest absolute Gasteiger partial charge is 0.435 e. The number of hydrogen-bond donors (Lipinski definition) is 1. The number of halogens is 2. The van der Waals surface area contributed by atoms with Crippen LogP contribution in [0, 0.1) is 6.92 Å². The number of rotatable bonds is 7. The van der Waals surface area contributed by atoms with Crippen molar-refractivity contribution in [1.29, 1.82) is 0 Å². The predicted molar refractivity (Wildman–Crippen MR) is 82.3 cm³/mol. The summed E-state index contributed by atoms with van der Waals surface area (Å²) < 4.78 is 29.2. The molecule has 2 aromatic rings. The van der Waals surface area contributed by atoms with Gasteiger partial charge in [0.25, 0.3) is 0 Å². The first-order chi connectivity index (χ1) is 10.1. The average Bonchev–Trinajstić information content (AvgIpc) is 2.85. The van der Waals surface area contributed by atoms with Crippen molar-refractivity contribution in [3.05, 3.63) is 51.7 Å². The summed E-state index contributed by atoms with van der Waals surface area (Å²) in [4.78, 5) is 2.41. The van der Waals surface area contributed by atoms with Gasteiger partial charge in [-0.05, 0) is 49.7 Å². The molecular formula is C16H19F2NOS. The van der Waals surface area contributed by atoms with Crippen molar-refractivity contribution < 1.29 is 13.5 Å². The summed E-state index contributed by atoms with van der Waals surface area (Å²) >= 11 is 1.71. The molecule has 0 spiro atoms. The molecule has 0 fully saturated rings. The Kier molecular flexibility index (Phi) is 5.70. The van der Waals surface area contributed by atoms with E-state index in [9.17, 15) is 8.78 Å². The highest BCUT2D eigenvalue weighted by molar-refractivity contribution is 7.12. The lowest BCUT2D eigenvalue weighted by Crippen LogP contribution is -2.22. The van der Waals surface area contributed by atoms with E-state index in [1.54, 1.807) is 29.5 Å². The minimum Gasteiger partial charge on any atom is -0.435 e. The molecule has 1 unspecified atom stereocenters. The molecule has 0 aliphatic carbocycles. The third kappa shape index (κ3) is 4.51. The van der Waals surface area contributed by atoms with E-state index >= 15 is 0 Å². The number of ether oxygens (including phenoxy) is 1. The van der Waals surface area contributed by atoms with Crippen LogP contribution in [0.2, 0.25) is 0 Å². The first-order valence-corrected chi connectivity index (χ1v) is 7.76. The molecule has 21 heavy (non-hydrogen) atoms. The Bertz CT molecular complexity index is 571. The highest BCUT2D eigenvalue weighted by Gasteiger charge is 2.16. The number of hydrogen-bond acceptors (Lipinski definition) is 3. The lowest BCUT2D eigenvalue weighted by Gasteiger charge is -2.18. The molecule has 114 valence electrons. The van der Waals surface area contributed by atoms with Gasteiger partial charge in [-0.2, -0.15) is 8.78 Å². The van der Waals surface area contributed by atoms with Crippen LogP contribution in [0.3, 0.4) is 0 Å². The van der Waals surface area contributed by atoms with Crippen molar-refractivity contribution in [2.45, 2.75) is 32.9 Å². The number of thiophene rings is 1. The van der Waals surface area contributed by atoms with Gasteiger partial charge in [0.1, 0.15) is 5.75 Å². The molecule has 2 nitrogen and oxygen atoms in total. The quantitative estimate of drug-likeness (QED) is 0.797. The van der Waals surface area contributed by atoms with E-state index in [1.807, 2.05) is 6.07 Å². The van der Waals surface area contributed by atoms with Crippen LogP contribution in [0.15, 0.2) is 36.4 Å². The van der Waals surface area contributed by atoms with Crippen LogP contribution in [0.1, 0.15) is 34.7 Å². The topological polar surface area (TPSA) is 21.3 Å². The van der Waals surface area contributed by atoms with Gasteiger partial charge >= 0.3 is 6.61 Å². The zero-order valence-corrected chi connectivity index (χ0v) is 12.9. The van der Waals surface area contributed by atoms with Crippen molar-refractivity contribution in [3.63, 3.8) is 0 Å². The van der Waals surface area contributed by atoms with Gasteiger partial charge in [0, 0.05) is 9.75 Å². The summed E-state index contributed by atoms with van der Waals surface area (Å²) in [5.41, 5.74) is 0.934. The van der Waals surface area contributed by atoms with E-state index in [-0.39, 0.29) is 11.8 Å². The first kappa shape index (κ1) is 15.9. The molecule has 1 heterocycles. The number of benzene rings is 1. The molecule has 0 aliphatic rings. The average molecular weight is 311 g/mol. The Labute approximate surface area is 127 Å². The second-order valence-corrected chi connectivity index (χ2v) is 6.11. The molecule has 1 N–H and O–H groups in total. The van der Waals surface area contributed by atoms with Gasteiger partial charge in [0.2, 0.25) is 0 Å². The molecule has 1 aromatic carbocycles.